The van der Waals surface area contributed by atoms with Crippen molar-refractivity contribution in [3.63, 3.8) is 0 Å². The van der Waals surface area contributed by atoms with Gasteiger partial charge in [0.25, 0.3) is 0 Å². The van der Waals surface area contributed by atoms with Gasteiger partial charge in [-0.2, -0.15) is 0 Å². The Labute approximate surface area is 104 Å². The van der Waals surface area contributed by atoms with Crippen LogP contribution in [-0.2, 0) is 0 Å². The van der Waals surface area contributed by atoms with Crippen LogP contribution < -0.4 is 0 Å². The van der Waals surface area contributed by atoms with E-state index in [-0.39, 0.29) is 0 Å². The Morgan fingerprint density at radius 3 is 2.13 bits per heavy atom. The van der Waals surface area contributed by atoms with Gasteiger partial charge in [0, 0.05) is 5.33 Å². The molecule has 88 valence electrons. The Morgan fingerprint density at radius 2 is 1.67 bits per heavy atom. The number of alkyl halides is 1. The number of halogens is 1. The molecule has 0 aromatic rings. The summed E-state index contributed by atoms with van der Waals surface area (Å²) in [6.07, 6.45) is 12.7. The minimum Gasteiger partial charge on any atom is -0.0880 e. The first-order valence-corrected chi connectivity index (χ1v) is 7.62. The van der Waals surface area contributed by atoms with Crippen LogP contribution in [0.15, 0.2) is 11.6 Å². The second-order valence-electron chi connectivity index (χ2n) is 5.14. The van der Waals surface area contributed by atoms with Crippen molar-refractivity contribution in [1.29, 1.82) is 0 Å². The number of hydrogen-bond donors (Lipinski definition) is 0. The second-order valence-corrected chi connectivity index (χ2v) is 5.70. The zero-order valence-electron chi connectivity index (χ0n) is 10.3. The Morgan fingerprint density at radius 1 is 1.13 bits per heavy atom. The van der Waals surface area contributed by atoms with Gasteiger partial charge in [0.1, 0.15) is 0 Å². The van der Waals surface area contributed by atoms with Gasteiger partial charge in [-0.25, -0.2) is 0 Å². The highest BCUT2D eigenvalue weighted by atomic mass is 79.9. The lowest BCUT2D eigenvalue weighted by Gasteiger charge is -2.19. The average molecular weight is 273 g/mol. The molecule has 1 saturated carbocycles. The molecule has 0 nitrogen and oxygen atoms in total. The lowest BCUT2D eigenvalue weighted by molar-refractivity contribution is 0.432. The summed E-state index contributed by atoms with van der Waals surface area (Å²) in [4.78, 5) is 0. The van der Waals surface area contributed by atoms with Crippen molar-refractivity contribution in [1.82, 2.24) is 0 Å². The van der Waals surface area contributed by atoms with Gasteiger partial charge < -0.3 is 0 Å². The Kier molecular flexibility index (Phi) is 6.63. The largest absolute Gasteiger partial charge is 0.0880 e. The zero-order valence-corrected chi connectivity index (χ0v) is 11.9. The molecule has 0 aromatic heterocycles. The molecular formula is C14H25Br. The van der Waals surface area contributed by atoms with Crippen LogP contribution in [0.5, 0.6) is 0 Å². The maximum Gasteiger partial charge on any atom is 0.0244 e. The van der Waals surface area contributed by atoms with Crippen LogP contribution in [-0.4, -0.2) is 5.33 Å². The monoisotopic (exact) mass is 272 g/mol. The van der Waals surface area contributed by atoms with Crippen molar-refractivity contribution < 1.29 is 0 Å². The summed E-state index contributed by atoms with van der Waals surface area (Å²) < 4.78 is 0. The molecule has 1 fully saturated rings. The van der Waals surface area contributed by atoms with E-state index in [0.29, 0.717) is 5.92 Å². The van der Waals surface area contributed by atoms with Gasteiger partial charge in [0.2, 0.25) is 0 Å². The van der Waals surface area contributed by atoms with Crippen molar-refractivity contribution in [2.45, 2.75) is 58.8 Å². The predicted molar refractivity (Wildman–Crippen MR) is 72.5 cm³/mol. The maximum absolute atomic E-state index is 3.61. The zero-order chi connectivity index (χ0) is 11.1. The minimum atomic E-state index is 0.704. The second kappa shape index (κ2) is 7.49. The topological polar surface area (TPSA) is 0 Å². The van der Waals surface area contributed by atoms with Crippen LogP contribution in [0.3, 0.4) is 0 Å². The number of hydrogen-bond acceptors (Lipinski definition) is 0. The van der Waals surface area contributed by atoms with E-state index in [1.54, 1.807) is 5.57 Å². The van der Waals surface area contributed by atoms with Crippen molar-refractivity contribution in [2.75, 3.05) is 5.33 Å². The van der Waals surface area contributed by atoms with Gasteiger partial charge in [-0.3, -0.25) is 0 Å². The van der Waals surface area contributed by atoms with E-state index in [4.69, 9.17) is 0 Å². The maximum atomic E-state index is 3.61. The van der Waals surface area contributed by atoms with E-state index in [1.807, 2.05) is 0 Å². The van der Waals surface area contributed by atoms with Gasteiger partial charge >= 0.3 is 0 Å². The number of allylic oxidation sites excluding steroid dienone is 2. The molecule has 0 saturated heterocycles. The lowest BCUT2D eigenvalue weighted by atomic mass is 9.88. The van der Waals surface area contributed by atoms with Gasteiger partial charge in [-0.15, -0.1) is 0 Å². The summed E-state index contributed by atoms with van der Waals surface area (Å²) in [5, 5.41) is 1.06. The first-order valence-electron chi connectivity index (χ1n) is 6.50. The minimum absolute atomic E-state index is 0.704. The summed E-state index contributed by atoms with van der Waals surface area (Å²) in [5.41, 5.74) is 1.60. The first-order chi connectivity index (χ1) is 7.24. The van der Waals surface area contributed by atoms with E-state index < -0.39 is 0 Å². The Balaban J connectivity index is 2.51. The SMILES string of the molecule is CC(C)/C(=C\C1CCCCCCC1)CBr. The van der Waals surface area contributed by atoms with E-state index >= 15 is 0 Å². The van der Waals surface area contributed by atoms with E-state index in [0.717, 1.165) is 11.2 Å². The molecular weight excluding hydrogens is 248 g/mol. The van der Waals surface area contributed by atoms with Crippen LogP contribution >= 0.6 is 15.9 Å². The quantitative estimate of drug-likeness (QED) is 0.482. The molecule has 0 unspecified atom stereocenters. The van der Waals surface area contributed by atoms with Crippen molar-refractivity contribution in [2.24, 2.45) is 11.8 Å². The fourth-order valence-corrected chi connectivity index (χ4v) is 3.18. The third-order valence-electron chi connectivity index (χ3n) is 3.50. The molecule has 15 heavy (non-hydrogen) atoms. The molecule has 0 atom stereocenters. The van der Waals surface area contributed by atoms with Crippen molar-refractivity contribution >= 4 is 15.9 Å². The highest BCUT2D eigenvalue weighted by Crippen LogP contribution is 2.26. The summed E-state index contributed by atoms with van der Waals surface area (Å²) in [6, 6.07) is 0. The normalized spacial score (nSPS) is 21.5. The van der Waals surface area contributed by atoms with Gasteiger partial charge in [0.05, 0.1) is 0 Å². The fourth-order valence-electron chi connectivity index (χ4n) is 2.35. The standard InChI is InChI=1S/C14H25Br/c1-12(2)14(11-15)10-13-8-6-4-3-5-7-9-13/h10,12-13H,3-9,11H2,1-2H3/b14-10-. The summed E-state index contributed by atoms with van der Waals surface area (Å²) >= 11 is 3.61. The van der Waals surface area contributed by atoms with Gasteiger partial charge in [-0.1, -0.05) is 73.5 Å². The molecule has 1 rings (SSSR count). The highest BCUT2D eigenvalue weighted by molar-refractivity contribution is 9.09. The Bertz CT molecular complexity index is 186. The molecule has 1 aliphatic rings. The van der Waals surface area contributed by atoms with E-state index in [9.17, 15) is 0 Å². The predicted octanol–water partition coefficient (Wildman–Crippen LogP) is 5.32. The average Bonchev–Trinajstić information content (AvgIpc) is 2.15. The van der Waals surface area contributed by atoms with Crippen LogP contribution in [0.2, 0.25) is 0 Å². The van der Waals surface area contributed by atoms with Crippen LogP contribution in [0.1, 0.15) is 58.8 Å². The van der Waals surface area contributed by atoms with Crippen LogP contribution in [0.4, 0.5) is 0 Å². The Hall–Kier alpha value is 0.220. The molecule has 0 amide bonds. The summed E-state index contributed by atoms with van der Waals surface area (Å²) in [7, 11) is 0. The van der Waals surface area contributed by atoms with E-state index in [2.05, 4.69) is 35.9 Å². The van der Waals surface area contributed by atoms with Crippen LogP contribution in [0, 0.1) is 11.8 Å². The number of rotatable bonds is 3. The van der Waals surface area contributed by atoms with E-state index in [1.165, 1.54) is 44.9 Å². The van der Waals surface area contributed by atoms with Gasteiger partial charge in [-0.05, 0) is 24.7 Å². The first kappa shape index (κ1) is 13.3. The third-order valence-corrected chi connectivity index (χ3v) is 4.14. The third kappa shape index (κ3) is 5.19. The smallest absolute Gasteiger partial charge is 0.0244 e. The molecule has 0 radical (unpaired) electrons. The van der Waals surface area contributed by atoms with Crippen LogP contribution in [0.25, 0.3) is 0 Å². The molecule has 0 spiro atoms. The molecule has 1 aliphatic carbocycles. The van der Waals surface area contributed by atoms with Crippen molar-refractivity contribution in [3.8, 4) is 0 Å². The molecule has 0 aromatic carbocycles. The van der Waals surface area contributed by atoms with Crippen molar-refractivity contribution in [3.05, 3.63) is 11.6 Å². The van der Waals surface area contributed by atoms with Gasteiger partial charge in [0.15, 0.2) is 0 Å². The summed E-state index contributed by atoms with van der Waals surface area (Å²) in [5.74, 6) is 1.56. The molecule has 0 N–H and O–H groups in total. The lowest BCUT2D eigenvalue weighted by Crippen LogP contribution is -2.05. The molecule has 1 heteroatoms. The molecule has 0 aliphatic heterocycles. The highest BCUT2D eigenvalue weighted by Gasteiger charge is 2.11. The molecule has 0 bridgehead atoms. The fraction of sp³-hybridized carbons (Fsp3) is 0.857. The molecule has 0 heterocycles. The summed E-state index contributed by atoms with van der Waals surface area (Å²) in [6.45, 7) is 4.60.